The summed E-state index contributed by atoms with van der Waals surface area (Å²) in [6.07, 6.45) is 0. The monoisotopic (exact) mass is 814 g/mol. The first-order valence-electron chi connectivity index (χ1n) is 17.9. The topological polar surface area (TPSA) is 223 Å². The molecular weight excluding hydrogens is 772 g/mol. The van der Waals surface area contributed by atoms with Crippen LogP contribution in [0.3, 0.4) is 0 Å². The maximum atomic E-state index is 13.6. The molecule has 0 aromatic heterocycles. The zero-order valence-electron chi connectivity index (χ0n) is 32.9. The van der Waals surface area contributed by atoms with Crippen molar-refractivity contribution in [2.45, 2.75) is 13.5 Å². The van der Waals surface area contributed by atoms with Gasteiger partial charge in [0.05, 0.1) is 39.8 Å². The summed E-state index contributed by atoms with van der Waals surface area (Å²) >= 11 is 0. The largest absolute Gasteiger partial charge is 0.507 e. The van der Waals surface area contributed by atoms with Gasteiger partial charge in [-0.15, -0.1) is 0 Å². The first kappa shape index (κ1) is 42.8. The van der Waals surface area contributed by atoms with Gasteiger partial charge in [-0.05, 0) is 66.6 Å². The molecular formula is C41H42N4O14. The molecule has 0 spiro atoms. The van der Waals surface area contributed by atoms with Crippen molar-refractivity contribution in [1.29, 1.82) is 0 Å². The molecule has 59 heavy (non-hydrogen) atoms. The number of fused-ring (bicyclic) bond motifs is 2. The number of phenols is 1. The molecule has 1 aliphatic heterocycles. The van der Waals surface area contributed by atoms with Crippen LogP contribution in [0.5, 0.6) is 17.2 Å². The number of nitrogens with zero attached hydrogens (tertiary/aromatic N) is 3. The number of hydrogen-bond acceptors (Lipinski definition) is 17. The summed E-state index contributed by atoms with van der Waals surface area (Å²) in [7, 11) is 4.87. The number of rotatable bonds is 18. The number of carbonyl (C=O) groups excluding carboxylic acids is 5. The Balaban J connectivity index is 1.41. The van der Waals surface area contributed by atoms with Crippen LogP contribution in [-0.2, 0) is 44.7 Å². The fourth-order valence-electron chi connectivity index (χ4n) is 5.83. The maximum Gasteiger partial charge on any atom is 0.325 e. The highest BCUT2D eigenvalue weighted by Crippen LogP contribution is 2.33. The normalized spacial score (nSPS) is 10.7. The smallest absolute Gasteiger partial charge is 0.325 e. The Bertz CT molecular complexity index is 2340. The highest BCUT2D eigenvalue weighted by molar-refractivity contribution is 6.06. The van der Waals surface area contributed by atoms with Gasteiger partial charge in [0.2, 0.25) is 0 Å². The summed E-state index contributed by atoms with van der Waals surface area (Å²) in [6.45, 7) is 0.358. The lowest BCUT2D eigenvalue weighted by Gasteiger charge is -2.26. The number of benzene rings is 4. The molecule has 3 aromatic carbocycles. The molecule has 0 atom stereocenters. The molecule has 0 unspecified atom stereocenters. The minimum absolute atomic E-state index is 0.0308. The number of esters is 4. The van der Waals surface area contributed by atoms with E-state index < -0.39 is 29.8 Å². The van der Waals surface area contributed by atoms with Crippen LogP contribution < -0.4 is 30.0 Å². The summed E-state index contributed by atoms with van der Waals surface area (Å²) < 4.78 is 37.5. The lowest BCUT2D eigenvalue weighted by molar-refractivity contribution is -0.141. The van der Waals surface area contributed by atoms with Crippen LogP contribution in [0.25, 0.3) is 22.6 Å². The second-order valence-electron chi connectivity index (χ2n) is 12.8. The van der Waals surface area contributed by atoms with Gasteiger partial charge in [-0.25, -0.2) is 4.98 Å². The predicted octanol–water partition coefficient (Wildman–Crippen LogP) is 3.00. The average Bonchev–Trinajstić information content (AvgIpc) is 3.22. The van der Waals surface area contributed by atoms with Crippen molar-refractivity contribution in [3.63, 3.8) is 0 Å². The molecule has 5 rings (SSSR count). The van der Waals surface area contributed by atoms with Crippen LogP contribution in [-0.4, -0.2) is 108 Å². The Kier molecular flexibility index (Phi) is 14.3. The number of carbonyl (C=O) groups is 5. The second kappa shape index (κ2) is 19.7. The number of anilines is 2. The number of aromatic hydroxyl groups is 1. The number of nitrogens with one attached hydrogen (secondary N) is 1. The van der Waals surface area contributed by atoms with Crippen LogP contribution in [0, 0.1) is 6.92 Å². The van der Waals surface area contributed by atoms with E-state index in [-0.39, 0.29) is 85.3 Å². The van der Waals surface area contributed by atoms with Crippen LogP contribution >= 0.6 is 0 Å². The van der Waals surface area contributed by atoms with Crippen molar-refractivity contribution >= 4 is 52.3 Å². The van der Waals surface area contributed by atoms with Crippen molar-refractivity contribution < 1.29 is 61.9 Å². The fourth-order valence-corrected chi connectivity index (χ4v) is 5.83. The van der Waals surface area contributed by atoms with Gasteiger partial charge in [0.15, 0.2) is 16.8 Å². The van der Waals surface area contributed by atoms with Crippen molar-refractivity contribution in [1.82, 2.24) is 10.3 Å². The lowest BCUT2D eigenvalue weighted by Crippen LogP contribution is -2.36. The Hall–Kier alpha value is -7.37. The van der Waals surface area contributed by atoms with E-state index in [4.69, 9.17) is 32.8 Å². The SMILES string of the molecule is COC(=O)CN(CC(=O)OC)c1ccc(C)cc1OCCOc1cc(CNC(=O)c2c(O)ccc3nc4ccc(=O)cc-4oc23)ccc1N(CC(=O)OC)CC(=O)OC. The molecule has 1 amide bonds. The Morgan fingerprint density at radius 3 is 1.80 bits per heavy atom. The summed E-state index contributed by atoms with van der Waals surface area (Å²) in [5.74, 6) is -2.93. The Morgan fingerprint density at radius 2 is 1.24 bits per heavy atom. The number of methoxy groups -OCH3 is 4. The Labute approximate surface area is 337 Å². The van der Waals surface area contributed by atoms with Gasteiger partial charge < -0.3 is 53.1 Å². The molecule has 0 fully saturated rings. The van der Waals surface area contributed by atoms with Gasteiger partial charge in [-0.2, -0.15) is 0 Å². The van der Waals surface area contributed by atoms with Gasteiger partial charge in [0, 0.05) is 12.6 Å². The molecule has 0 radical (unpaired) electrons. The fraction of sp³-hybridized carbons (Fsp3) is 0.293. The Morgan fingerprint density at radius 1 is 0.695 bits per heavy atom. The standard InChI is InChI=1S/C41H42N4O14/c1-24-6-11-29(44(20-35(48)53-2)21-36(49)54-3)33(16-24)57-14-15-58-34-17-25(7-12-30(34)45(22-37(50)55-4)23-38(51)56-5)19-42-41(52)39-31(47)13-10-28-40(39)59-32-18-26(46)8-9-27(32)43-28/h6-13,16-18,47H,14-15,19-23H2,1-5H3,(H,42,52). The zero-order valence-corrected chi connectivity index (χ0v) is 32.9. The number of aryl methyl sites for hydroxylation is 1. The highest BCUT2D eigenvalue weighted by Gasteiger charge is 2.24. The van der Waals surface area contributed by atoms with Gasteiger partial charge >= 0.3 is 23.9 Å². The molecule has 1 heterocycles. The average molecular weight is 815 g/mol. The van der Waals surface area contributed by atoms with Crippen LogP contribution in [0.2, 0.25) is 0 Å². The number of aromatic nitrogens is 1. The molecule has 0 saturated carbocycles. The highest BCUT2D eigenvalue weighted by atomic mass is 16.5. The van der Waals surface area contributed by atoms with E-state index in [1.54, 1.807) is 36.4 Å². The summed E-state index contributed by atoms with van der Waals surface area (Å²) in [5.41, 5.74) is 2.15. The van der Waals surface area contributed by atoms with Crippen LogP contribution in [0.15, 0.2) is 75.9 Å². The van der Waals surface area contributed by atoms with Crippen LogP contribution in [0.4, 0.5) is 11.4 Å². The number of hydrogen-bond donors (Lipinski definition) is 2. The third-order valence-corrected chi connectivity index (χ3v) is 8.79. The van der Waals surface area contributed by atoms with Crippen LogP contribution in [0.1, 0.15) is 21.5 Å². The van der Waals surface area contributed by atoms with E-state index in [2.05, 4.69) is 10.3 Å². The van der Waals surface area contributed by atoms with Crippen molar-refractivity contribution in [3.05, 3.63) is 93.6 Å². The molecule has 310 valence electrons. The summed E-state index contributed by atoms with van der Waals surface area (Å²) in [6, 6.07) is 16.9. The first-order chi connectivity index (χ1) is 28.3. The molecule has 0 bridgehead atoms. The summed E-state index contributed by atoms with van der Waals surface area (Å²) in [5, 5.41) is 13.5. The molecule has 18 nitrogen and oxygen atoms in total. The van der Waals surface area contributed by atoms with Crippen molar-refractivity contribution in [3.8, 4) is 28.7 Å². The zero-order chi connectivity index (χ0) is 42.6. The number of phenolic OH excluding ortho intramolecular Hbond substituents is 1. The van der Waals surface area contributed by atoms with Gasteiger partial charge in [0.1, 0.15) is 73.4 Å². The third kappa shape index (κ3) is 10.9. The third-order valence-electron chi connectivity index (χ3n) is 8.79. The predicted molar refractivity (Wildman–Crippen MR) is 211 cm³/mol. The van der Waals surface area contributed by atoms with Crippen molar-refractivity contribution in [2.24, 2.45) is 0 Å². The number of amides is 1. The van der Waals surface area contributed by atoms with E-state index in [1.807, 2.05) is 6.92 Å². The quantitative estimate of drug-likeness (QED) is 0.0562. The molecule has 1 aliphatic carbocycles. The maximum absolute atomic E-state index is 13.6. The van der Waals surface area contributed by atoms with Gasteiger partial charge in [-0.3, -0.25) is 28.8 Å². The van der Waals surface area contributed by atoms with E-state index in [1.165, 1.54) is 68.6 Å². The van der Waals surface area contributed by atoms with E-state index >= 15 is 0 Å². The van der Waals surface area contributed by atoms with E-state index in [9.17, 15) is 33.9 Å². The summed E-state index contributed by atoms with van der Waals surface area (Å²) in [4.78, 5) is 82.2. The minimum Gasteiger partial charge on any atom is -0.507 e. The van der Waals surface area contributed by atoms with Crippen molar-refractivity contribution in [2.75, 3.05) is 77.6 Å². The molecule has 2 aliphatic rings. The minimum atomic E-state index is -0.711. The first-order valence-corrected chi connectivity index (χ1v) is 17.9. The van der Waals surface area contributed by atoms with Gasteiger partial charge in [0.25, 0.3) is 5.91 Å². The van der Waals surface area contributed by atoms with E-state index in [0.29, 0.717) is 28.4 Å². The molecule has 3 aromatic rings. The second-order valence-corrected chi connectivity index (χ2v) is 12.8. The molecule has 18 heteroatoms. The van der Waals surface area contributed by atoms with E-state index in [0.717, 1.165) is 5.56 Å². The lowest BCUT2D eigenvalue weighted by atomic mass is 10.1. The van der Waals surface area contributed by atoms with Gasteiger partial charge in [-0.1, -0.05) is 12.1 Å². The molecule has 2 N–H and O–H groups in total. The number of ether oxygens (including phenoxy) is 6. The molecule has 0 saturated heterocycles.